The summed E-state index contributed by atoms with van der Waals surface area (Å²) in [6.45, 7) is 5.25. The Kier molecular flexibility index (Phi) is 5.23. The highest BCUT2D eigenvalue weighted by atomic mass is 16.5. The van der Waals surface area contributed by atoms with Gasteiger partial charge in [-0.2, -0.15) is 0 Å². The first-order valence-corrected chi connectivity index (χ1v) is 7.36. The van der Waals surface area contributed by atoms with Crippen molar-refractivity contribution in [3.05, 3.63) is 29.8 Å². The van der Waals surface area contributed by atoms with Crippen molar-refractivity contribution in [1.82, 2.24) is 5.32 Å². The highest BCUT2D eigenvalue weighted by Crippen LogP contribution is 2.27. The summed E-state index contributed by atoms with van der Waals surface area (Å²) in [7, 11) is 0. The first kappa shape index (κ1) is 14.4. The van der Waals surface area contributed by atoms with E-state index in [0.29, 0.717) is 17.9 Å². The molecule has 0 bridgehead atoms. The predicted molar refractivity (Wildman–Crippen MR) is 77.3 cm³/mol. The van der Waals surface area contributed by atoms with Crippen LogP contribution in [-0.2, 0) is 4.74 Å². The molecule has 19 heavy (non-hydrogen) atoms. The first-order valence-electron chi connectivity index (χ1n) is 7.36. The Balaban J connectivity index is 1.93. The van der Waals surface area contributed by atoms with Crippen molar-refractivity contribution in [3.8, 4) is 5.75 Å². The molecule has 0 aliphatic carbocycles. The lowest BCUT2D eigenvalue weighted by molar-refractivity contribution is 0.0948. The van der Waals surface area contributed by atoms with Gasteiger partial charge in [-0.3, -0.25) is 0 Å². The molecule has 1 aromatic rings. The van der Waals surface area contributed by atoms with Crippen LogP contribution < -0.4 is 5.32 Å². The molecule has 1 saturated heterocycles. The number of aromatic hydroxyl groups is 1. The largest absolute Gasteiger partial charge is 0.508 e. The van der Waals surface area contributed by atoms with Gasteiger partial charge in [-0.15, -0.1) is 0 Å². The number of hydrogen-bond acceptors (Lipinski definition) is 3. The standard InChI is InChI=1S/C16H25NO2/c1-3-15(14-8-4-5-9-16(14)18)17-12(2)11-13-7-6-10-19-13/h4-5,8-9,12-13,15,17-18H,3,6-7,10-11H2,1-2H3/t12-,13-,15+/m1/s1. The van der Waals surface area contributed by atoms with Gasteiger partial charge in [-0.25, -0.2) is 0 Å². The van der Waals surface area contributed by atoms with E-state index < -0.39 is 0 Å². The average Bonchev–Trinajstić information content (AvgIpc) is 2.89. The van der Waals surface area contributed by atoms with Crippen molar-refractivity contribution >= 4 is 0 Å². The smallest absolute Gasteiger partial charge is 0.120 e. The molecular formula is C16H25NO2. The van der Waals surface area contributed by atoms with Crippen molar-refractivity contribution in [2.75, 3.05) is 6.61 Å². The molecule has 2 N–H and O–H groups in total. The summed E-state index contributed by atoms with van der Waals surface area (Å²) in [5, 5.41) is 13.6. The molecule has 1 aliphatic heterocycles. The van der Waals surface area contributed by atoms with Crippen molar-refractivity contribution in [3.63, 3.8) is 0 Å². The Morgan fingerprint density at radius 3 is 2.84 bits per heavy atom. The molecule has 1 aliphatic rings. The van der Waals surface area contributed by atoms with Gasteiger partial charge in [0.05, 0.1) is 6.10 Å². The Morgan fingerprint density at radius 1 is 1.42 bits per heavy atom. The molecule has 0 saturated carbocycles. The molecular weight excluding hydrogens is 238 g/mol. The minimum absolute atomic E-state index is 0.206. The lowest BCUT2D eigenvalue weighted by Gasteiger charge is -2.25. The van der Waals surface area contributed by atoms with E-state index in [1.807, 2.05) is 18.2 Å². The molecule has 0 unspecified atom stereocenters. The summed E-state index contributed by atoms with van der Waals surface area (Å²) in [5.41, 5.74) is 0.990. The number of phenols is 1. The molecule has 3 nitrogen and oxygen atoms in total. The number of nitrogens with one attached hydrogen (secondary N) is 1. The van der Waals surface area contributed by atoms with Gasteiger partial charge in [-0.1, -0.05) is 25.1 Å². The van der Waals surface area contributed by atoms with Crippen LogP contribution in [0.5, 0.6) is 5.75 Å². The lowest BCUT2D eigenvalue weighted by atomic mass is 10.0. The van der Waals surface area contributed by atoms with E-state index in [1.165, 1.54) is 12.8 Å². The fourth-order valence-electron chi connectivity index (χ4n) is 2.85. The van der Waals surface area contributed by atoms with Crippen molar-refractivity contribution < 1.29 is 9.84 Å². The maximum atomic E-state index is 9.94. The number of rotatable bonds is 6. The zero-order valence-corrected chi connectivity index (χ0v) is 11.9. The van der Waals surface area contributed by atoms with Gasteiger partial charge in [0.1, 0.15) is 5.75 Å². The number of phenolic OH excluding ortho intramolecular Hbond substituents is 1. The lowest BCUT2D eigenvalue weighted by Crippen LogP contribution is -2.33. The van der Waals surface area contributed by atoms with Gasteiger partial charge >= 0.3 is 0 Å². The third-order valence-corrected chi connectivity index (χ3v) is 3.85. The van der Waals surface area contributed by atoms with Crippen LogP contribution >= 0.6 is 0 Å². The van der Waals surface area contributed by atoms with E-state index in [-0.39, 0.29) is 6.04 Å². The summed E-state index contributed by atoms with van der Waals surface area (Å²) in [5.74, 6) is 0.381. The minimum Gasteiger partial charge on any atom is -0.508 e. The highest BCUT2D eigenvalue weighted by molar-refractivity contribution is 5.34. The second-order valence-electron chi connectivity index (χ2n) is 5.46. The van der Waals surface area contributed by atoms with Crippen LogP contribution in [0.3, 0.4) is 0 Å². The number of hydrogen-bond donors (Lipinski definition) is 2. The Morgan fingerprint density at radius 2 is 2.21 bits per heavy atom. The fraction of sp³-hybridized carbons (Fsp3) is 0.625. The van der Waals surface area contributed by atoms with Crippen LogP contribution in [0.1, 0.15) is 51.1 Å². The molecule has 2 rings (SSSR count). The number of ether oxygens (including phenoxy) is 1. The maximum Gasteiger partial charge on any atom is 0.120 e. The molecule has 0 aromatic heterocycles. The van der Waals surface area contributed by atoms with E-state index in [2.05, 4.69) is 19.2 Å². The quantitative estimate of drug-likeness (QED) is 0.826. The molecule has 0 amide bonds. The minimum atomic E-state index is 0.206. The van der Waals surface area contributed by atoms with Crippen molar-refractivity contribution in [1.29, 1.82) is 0 Å². The van der Waals surface area contributed by atoms with Gasteiger partial charge in [0.2, 0.25) is 0 Å². The summed E-state index contributed by atoms with van der Waals surface area (Å²) in [6.07, 6.45) is 4.79. The molecule has 106 valence electrons. The molecule has 0 radical (unpaired) electrons. The summed E-state index contributed by atoms with van der Waals surface area (Å²) < 4.78 is 5.68. The molecule has 1 fully saturated rings. The molecule has 0 spiro atoms. The average molecular weight is 263 g/mol. The second kappa shape index (κ2) is 6.92. The van der Waals surface area contributed by atoms with Gasteiger partial charge in [-0.05, 0) is 38.7 Å². The van der Waals surface area contributed by atoms with Gasteiger partial charge < -0.3 is 15.2 Å². The third-order valence-electron chi connectivity index (χ3n) is 3.85. The monoisotopic (exact) mass is 263 g/mol. The van der Waals surface area contributed by atoms with Crippen LogP contribution in [-0.4, -0.2) is 23.9 Å². The van der Waals surface area contributed by atoms with E-state index >= 15 is 0 Å². The van der Waals surface area contributed by atoms with E-state index in [1.54, 1.807) is 6.07 Å². The fourth-order valence-corrected chi connectivity index (χ4v) is 2.85. The topological polar surface area (TPSA) is 41.5 Å². The summed E-state index contributed by atoms with van der Waals surface area (Å²) >= 11 is 0. The van der Waals surface area contributed by atoms with E-state index in [4.69, 9.17) is 4.74 Å². The van der Waals surface area contributed by atoms with Gasteiger partial charge in [0.15, 0.2) is 0 Å². The van der Waals surface area contributed by atoms with Crippen molar-refractivity contribution in [2.45, 2.75) is 57.7 Å². The van der Waals surface area contributed by atoms with Crippen molar-refractivity contribution in [2.24, 2.45) is 0 Å². The zero-order valence-electron chi connectivity index (χ0n) is 11.9. The molecule has 3 atom stereocenters. The summed E-state index contributed by atoms with van der Waals surface area (Å²) in [6, 6.07) is 8.19. The third kappa shape index (κ3) is 3.95. The highest BCUT2D eigenvalue weighted by Gasteiger charge is 2.21. The number of para-hydroxylation sites is 1. The Labute approximate surface area is 116 Å². The number of benzene rings is 1. The van der Waals surface area contributed by atoms with Gasteiger partial charge in [0.25, 0.3) is 0 Å². The Bertz CT molecular complexity index is 388. The molecule has 1 aromatic carbocycles. The second-order valence-corrected chi connectivity index (χ2v) is 5.46. The van der Waals surface area contributed by atoms with Crippen LogP contribution in [0.2, 0.25) is 0 Å². The van der Waals surface area contributed by atoms with Gasteiger partial charge in [0, 0.05) is 24.3 Å². The van der Waals surface area contributed by atoms with Crippen LogP contribution in [0.15, 0.2) is 24.3 Å². The molecule has 3 heteroatoms. The SMILES string of the molecule is CC[C@H](N[C@H](C)C[C@H]1CCCO1)c1ccccc1O. The molecule has 1 heterocycles. The van der Waals surface area contributed by atoms with E-state index in [9.17, 15) is 5.11 Å². The maximum absolute atomic E-state index is 9.94. The first-order chi connectivity index (χ1) is 9.20. The normalized spacial score (nSPS) is 22.3. The zero-order chi connectivity index (χ0) is 13.7. The Hall–Kier alpha value is -1.06. The van der Waals surface area contributed by atoms with Crippen LogP contribution in [0.4, 0.5) is 0 Å². The van der Waals surface area contributed by atoms with E-state index in [0.717, 1.165) is 25.0 Å². The predicted octanol–water partition coefficient (Wildman–Crippen LogP) is 3.39. The van der Waals surface area contributed by atoms with Crippen LogP contribution in [0, 0.1) is 0 Å². The van der Waals surface area contributed by atoms with Crippen LogP contribution in [0.25, 0.3) is 0 Å². The summed E-state index contributed by atoms with van der Waals surface area (Å²) in [4.78, 5) is 0.